The van der Waals surface area contributed by atoms with Gasteiger partial charge < -0.3 is 20.5 Å². The number of ether oxygens (including phenoxy) is 1. The number of anilines is 2. The predicted molar refractivity (Wildman–Crippen MR) is 97.6 cm³/mol. The van der Waals surface area contributed by atoms with E-state index in [9.17, 15) is 20.0 Å². The molecule has 2 aromatic carbocycles. The number of benzene rings is 2. The fourth-order valence-corrected chi connectivity index (χ4v) is 2.14. The standard InChI is InChI=1S/C19H17N3O4/c1-12(23)21-15-4-6-16(7-5-15)22-19(25)14(11-20)9-13-3-8-17(24)18(10-13)26-2/h3-10,24H,1-2H3,(H,21,23)(H,22,25)/b14-9+. The van der Waals surface area contributed by atoms with Crippen molar-refractivity contribution in [2.45, 2.75) is 6.92 Å². The van der Waals surface area contributed by atoms with Crippen LogP contribution in [0.1, 0.15) is 12.5 Å². The average molecular weight is 351 g/mol. The van der Waals surface area contributed by atoms with Gasteiger partial charge in [-0.25, -0.2) is 0 Å². The minimum absolute atomic E-state index is 0.0353. The summed E-state index contributed by atoms with van der Waals surface area (Å²) in [7, 11) is 1.41. The van der Waals surface area contributed by atoms with Crippen LogP contribution in [0.3, 0.4) is 0 Å². The SMILES string of the molecule is COc1cc(/C=C(\C#N)C(=O)Nc2ccc(NC(C)=O)cc2)ccc1O. The summed E-state index contributed by atoms with van der Waals surface area (Å²) in [4.78, 5) is 23.3. The summed E-state index contributed by atoms with van der Waals surface area (Å²) in [6.07, 6.45) is 1.39. The van der Waals surface area contributed by atoms with Crippen LogP contribution in [0.15, 0.2) is 48.0 Å². The highest BCUT2D eigenvalue weighted by Gasteiger charge is 2.11. The molecule has 2 aromatic rings. The van der Waals surface area contributed by atoms with E-state index in [1.54, 1.807) is 30.3 Å². The van der Waals surface area contributed by atoms with Gasteiger partial charge in [-0.3, -0.25) is 9.59 Å². The molecule has 132 valence electrons. The molecule has 7 nitrogen and oxygen atoms in total. The molecular formula is C19H17N3O4. The lowest BCUT2D eigenvalue weighted by atomic mass is 10.1. The first kappa shape index (κ1) is 18.5. The molecule has 0 spiro atoms. The van der Waals surface area contributed by atoms with Gasteiger partial charge in [-0.1, -0.05) is 6.07 Å². The van der Waals surface area contributed by atoms with Crippen molar-refractivity contribution < 1.29 is 19.4 Å². The van der Waals surface area contributed by atoms with E-state index in [2.05, 4.69) is 10.6 Å². The smallest absolute Gasteiger partial charge is 0.266 e. The lowest BCUT2D eigenvalue weighted by Gasteiger charge is -2.07. The van der Waals surface area contributed by atoms with Crippen molar-refractivity contribution in [1.29, 1.82) is 5.26 Å². The zero-order chi connectivity index (χ0) is 19.1. The molecule has 0 fully saturated rings. The van der Waals surface area contributed by atoms with Gasteiger partial charge in [-0.05, 0) is 48.0 Å². The maximum atomic E-state index is 12.3. The van der Waals surface area contributed by atoms with E-state index in [0.717, 1.165) is 0 Å². The average Bonchev–Trinajstić information content (AvgIpc) is 2.62. The van der Waals surface area contributed by atoms with Crippen LogP contribution >= 0.6 is 0 Å². The maximum absolute atomic E-state index is 12.3. The van der Waals surface area contributed by atoms with E-state index in [0.29, 0.717) is 16.9 Å². The fraction of sp³-hybridized carbons (Fsp3) is 0.105. The number of rotatable bonds is 5. The minimum Gasteiger partial charge on any atom is -0.504 e. The van der Waals surface area contributed by atoms with E-state index >= 15 is 0 Å². The van der Waals surface area contributed by atoms with Gasteiger partial charge in [0.05, 0.1) is 7.11 Å². The number of amides is 2. The van der Waals surface area contributed by atoms with Gasteiger partial charge in [0.1, 0.15) is 11.6 Å². The summed E-state index contributed by atoms with van der Waals surface area (Å²) in [5.41, 5.74) is 1.51. The number of carbonyl (C=O) groups excluding carboxylic acids is 2. The molecular weight excluding hydrogens is 334 g/mol. The highest BCUT2D eigenvalue weighted by molar-refractivity contribution is 6.09. The third-order valence-electron chi connectivity index (χ3n) is 3.34. The van der Waals surface area contributed by atoms with E-state index < -0.39 is 5.91 Å². The molecule has 0 aliphatic carbocycles. The molecule has 0 atom stereocenters. The second-order valence-corrected chi connectivity index (χ2v) is 5.31. The van der Waals surface area contributed by atoms with Gasteiger partial charge in [0.25, 0.3) is 5.91 Å². The number of nitriles is 1. The summed E-state index contributed by atoms with van der Waals surface area (Å²) in [5, 5.41) is 24.1. The molecule has 26 heavy (non-hydrogen) atoms. The molecule has 0 aliphatic heterocycles. The quantitative estimate of drug-likeness (QED) is 0.566. The zero-order valence-corrected chi connectivity index (χ0v) is 14.2. The van der Waals surface area contributed by atoms with Crippen molar-refractivity contribution in [2.24, 2.45) is 0 Å². The highest BCUT2D eigenvalue weighted by Crippen LogP contribution is 2.27. The zero-order valence-electron chi connectivity index (χ0n) is 14.2. The van der Waals surface area contributed by atoms with Crippen molar-refractivity contribution in [3.05, 3.63) is 53.6 Å². The van der Waals surface area contributed by atoms with Crippen molar-refractivity contribution >= 4 is 29.3 Å². The number of phenols is 1. The van der Waals surface area contributed by atoms with Crippen LogP contribution in [0, 0.1) is 11.3 Å². The third-order valence-corrected chi connectivity index (χ3v) is 3.34. The summed E-state index contributed by atoms with van der Waals surface area (Å²) in [6.45, 7) is 1.40. The van der Waals surface area contributed by atoms with Crippen LogP contribution in [0.4, 0.5) is 11.4 Å². The predicted octanol–water partition coefficient (Wildman–Crippen LogP) is 2.90. The summed E-state index contributed by atoms with van der Waals surface area (Å²) >= 11 is 0. The minimum atomic E-state index is -0.577. The number of aromatic hydroxyl groups is 1. The molecule has 3 N–H and O–H groups in total. The van der Waals surface area contributed by atoms with E-state index in [1.165, 1.54) is 32.2 Å². The number of hydrogen-bond acceptors (Lipinski definition) is 5. The first-order valence-electron chi connectivity index (χ1n) is 7.60. The Morgan fingerprint density at radius 1 is 1.12 bits per heavy atom. The van der Waals surface area contributed by atoms with Gasteiger partial charge in [-0.15, -0.1) is 0 Å². The Bertz CT molecular complexity index is 896. The Hall–Kier alpha value is -3.79. The van der Waals surface area contributed by atoms with Crippen molar-refractivity contribution in [3.63, 3.8) is 0 Å². The molecule has 0 radical (unpaired) electrons. The van der Waals surface area contributed by atoms with Gasteiger partial charge >= 0.3 is 0 Å². The Balaban J connectivity index is 2.16. The molecule has 0 heterocycles. The summed E-state index contributed by atoms with van der Waals surface area (Å²) < 4.78 is 5.00. The van der Waals surface area contributed by atoms with Gasteiger partial charge in [0.15, 0.2) is 11.5 Å². The normalized spacial score (nSPS) is 10.6. The van der Waals surface area contributed by atoms with Crippen LogP contribution < -0.4 is 15.4 Å². The van der Waals surface area contributed by atoms with Crippen LogP contribution in [0.5, 0.6) is 11.5 Å². The Kier molecular flexibility index (Phi) is 5.96. The number of carbonyl (C=O) groups is 2. The number of phenolic OH excluding ortho intramolecular Hbond substituents is 1. The number of nitrogens with zero attached hydrogens (tertiary/aromatic N) is 1. The Labute approximate surface area is 150 Å². The molecule has 0 saturated carbocycles. The molecule has 7 heteroatoms. The van der Waals surface area contributed by atoms with Crippen LogP contribution in [-0.4, -0.2) is 24.0 Å². The summed E-state index contributed by atoms with van der Waals surface area (Å²) in [5.74, 6) is -0.565. The van der Waals surface area contributed by atoms with Crippen LogP contribution in [0.25, 0.3) is 6.08 Å². The second kappa shape index (κ2) is 8.35. The molecule has 2 rings (SSSR count). The van der Waals surface area contributed by atoms with Gasteiger partial charge in [-0.2, -0.15) is 5.26 Å². The van der Waals surface area contributed by atoms with Crippen LogP contribution in [0.2, 0.25) is 0 Å². The van der Waals surface area contributed by atoms with E-state index in [-0.39, 0.29) is 23.0 Å². The number of nitrogens with one attached hydrogen (secondary N) is 2. The molecule has 0 saturated heterocycles. The van der Waals surface area contributed by atoms with Gasteiger partial charge in [0.2, 0.25) is 5.91 Å². The fourth-order valence-electron chi connectivity index (χ4n) is 2.14. The summed E-state index contributed by atoms with van der Waals surface area (Å²) in [6, 6.07) is 12.8. The number of methoxy groups -OCH3 is 1. The van der Waals surface area contributed by atoms with Gasteiger partial charge in [0, 0.05) is 18.3 Å². The lowest BCUT2D eigenvalue weighted by Crippen LogP contribution is -2.13. The van der Waals surface area contributed by atoms with Crippen molar-refractivity contribution in [3.8, 4) is 17.6 Å². The van der Waals surface area contributed by atoms with Crippen LogP contribution in [-0.2, 0) is 9.59 Å². The first-order valence-corrected chi connectivity index (χ1v) is 7.60. The van der Waals surface area contributed by atoms with Crippen molar-refractivity contribution in [2.75, 3.05) is 17.7 Å². The Morgan fingerprint density at radius 3 is 2.27 bits per heavy atom. The maximum Gasteiger partial charge on any atom is 0.266 e. The van der Waals surface area contributed by atoms with Crippen molar-refractivity contribution in [1.82, 2.24) is 0 Å². The highest BCUT2D eigenvalue weighted by atomic mass is 16.5. The molecule has 0 aromatic heterocycles. The monoisotopic (exact) mass is 351 g/mol. The Morgan fingerprint density at radius 2 is 1.73 bits per heavy atom. The molecule has 2 amide bonds. The molecule has 0 bridgehead atoms. The lowest BCUT2D eigenvalue weighted by molar-refractivity contribution is -0.114. The third kappa shape index (κ3) is 4.85. The second-order valence-electron chi connectivity index (χ2n) is 5.31. The van der Waals surface area contributed by atoms with E-state index in [1.807, 2.05) is 6.07 Å². The number of hydrogen-bond donors (Lipinski definition) is 3. The first-order chi connectivity index (χ1) is 12.4. The topological polar surface area (TPSA) is 111 Å². The van der Waals surface area contributed by atoms with E-state index in [4.69, 9.17) is 4.74 Å². The largest absolute Gasteiger partial charge is 0.504 e. The molecule has 0 unspecified atom stereocenters. The molecule has 0 aliphatic rings.